The van der Waals surface area contributed by atoms with Gasteiger partial charge in [-0.05, 0) is 35.7 Å². The van der Waals surface area contributed by atoms with Crippen molar-refractivity contribution >= 4 is 39.3 Å². The van der Waals surface area contributed by atoms with Crippen molar-refractivity contribution in [2.24, 2.45) is 0 Å². The van der Waals surface area contributed by atoms with E-state index in [4.69, 9.17) is 0 Å². The lowest BCUT2D eigenvalue weighted by Crippen LogP contribution is -2.18. The highest BCUT2D eigenvalue weighted by Crippen LogP contribution is 2.17. The Kier molecular flexibility index (Phi) is 6.15. The normalized spacial score (nSPS) is 10.6. The molecule has 1 heterocycles. The Hall–Kier alpha value is -1.45. The molecule has 0 saturated carbocycles. The Morgan fingerprint density at radius 1 is 1.48 bits per heavy atom. The highest BCUT2D eigenvalue weighted by Gasteiger charge is 2.10. The molecule has 0 spiro atoms. The second-order valence-corrected chi connectivity index (χ2v) is 5.99. The monoisotopic (exact) mass is 370 g/mol. The van der Waals surface area contributed by atoms with Gasteiger partial charge in [0.1, 0.15) is 0 Å². The number of aromatic nitrogens is 4. The first kappa shape index (κ1) is 15.9. The highest BCUT2D eigenvalue weighted by molar-refractivity contribution is 9.10. The predicted molar refractivity (Wildman–Crippen MR) is 85.2 cm³/mol. The number of hydrogen-bond donors (Lipinski definition) is 2. The van der Waals surface area contributed by atoms with Gasteiger partial charge in [0, 0.05) is 16.7 Å². The summed E-state index contributed by atoms with van der Waals surface area (Å²) >= 11 is 4.67. The number of halogens is 1. The van der Waals surface area contributed by atoms with E-state index < -0.39 is 0 Å². The summed E-state index contributed by atoms with van der Waals surface area (Å²) < 4.78 is 2.59. The highest BCUT2D eigenvalue weighted by atomic mass is 79.9. The number of nitrogens with one attached hydrogen (secondary N) is 2. The third-order valence-corrected chi connectivity index (χ3v) is 3.96. The molecule has 2 aromatic rings. The number of hydrogen-bond acceptors (Lipinski definition) is 6. The number of likely N-dealkylation sites (N-methyl/N-ethyl adjacent to an activating group) is 1. The predicted octanol–water partition coefficient (Wildman–Crippen LogP) is 1.39. The molecule has 2 rings (SSSR count). The van der Waals surface area contributed by atoms with Crippen molar-refractivity contribution in [1.29, 1.82) is 0 Å². The molecular weight excluding hydrogens is 356 g/mol. The number of tetrazole rings is 1. The van der Waals surface area contributed by atoms with Crippen molar-refractivity contribution in [2.75, 3.05) is 24.7 Å². The largest absolute Gasteiger partial charge is 0.325 e. The molecule has 9 heteroatoms. The van der Waals surface area contributed by atoms with Crippen LogP contribution in [0.25, 0.3) is 0 Å². The van der Waals surface area contributed by atoms with Crippen LogP contribution in [-0.4, -0.2) is 45.5 Å². The Bertz CT molecular complexity index is 605. The fraction of sp³-hybridized carbons (Fsp3) is 0.333. The quantitative estimate of drug-likeness (QED) is 0.716. The van der Waals surface area contributed by atoms with Crippen LogP contribution in [0.1, 0.15) is 0 Å². The molecule has 0 saturated heterocycles. The number of thioether (sulfide) groups is 1. The molecule has 7 nitrogen and oxygen atoms in total. The number of nitrogens with zero attached hydrogens (tertiary/aromatic N) is 4. The summed E-state index contributed by atoms with van der Waals surface area (Å²) in [6.07, 6.45) is 0. The molecule has 0 bridgehead atoms. The van der Waals surface area contributed by atoms with Gasteiger partial charge in [0.05, 0.1) is 12.3 Å². The molecule has 1 aromatic heterocycles. The second kappa shape index (κ2) is 8.11. The molecule has 0 aliphatic heterocycles. The van der Waals surface area contributed by atoms with Crippen LogP contribution in [0, 0.1) is 0 Å². The number of rotatable bonds is 7. The molecule has 21 heavy (non-hydrogen) atoms. The molecule has 0 unspecified atom stereocenters. The Labute approximate surface area is 135 Å². The summed E-state index contributed by atoms with van der Waals surface area (Å²) in [6, 6.07) is 7.45. The van der Waals surface area contributed by atoms with E-state index in [1.54, 1.807) is 4.68 Å². The molecule has 1 aromatic carbocycles. The van der Waals surface area contributed by atoms with Crippen LogP contribution < -0.4 is 10.6 Å². The zero-order valence-corrected chi connectivity index (χ0v) is 13.8. The summed E-state index contributed by atoms with van der Waals surface area (Å²) in [4.78, 5) is 11.9. The maximum Gasteiger partial charge on any atom is 0.234 e. The Balaban J connectivity index is 1.85. The minimum absolute atomic E-state index is 0.0960. The van der Waals surface area contributed by atoms with E-state index in [1.165, 1.54) is 11.8 Å². The average Bonchev–Trinajstić information content (AvgIpc) is 2.90. The lowest BCUT2D eigenvalue weighted by molar-refractivity contribution is -0.113. The van der Waals surface area contributed by atoms with Gasteiger partial charge < -0.3 is 10.6 Å². The standard InChI is InChI=1S/C12H15BrN6OS/c1-14-5-6-19-12(16-17-18-19)21-8-11(20)15-10-4-2-3-9(13)7-10/h2-4,7,14H,5-6,8H2,1H3,(H,15,20). The van der Waals surface area contributed by atoms with Crippen LogP contribution in [0.15, 0.2) is 33.9 Å². The lowest BCUT2D eigenvalue weighted by Gasteiger charge is -2.06. The van der Waals surface area contributed by atoms with Gasteiger partial charge in [-0.1, -0.05) is 33.8 Å². The summed E-state index contributed by atoms with van der Waals surface area (Å²) in [5.74, 6) is 0.160. The minimum Gasteiger partial charge on any atom is -0.325 e. The van der Waals surface area contributed by atoms with E-state index in [2.05, 4.69) is 42.1 Å². The molecule has 1 amide bonds. The number of carbonyl (C=O) groups excluding carboxylic acids is 1. The summed E-state index contributed by atoms with van der Waals surface area (Å²) in [5, 5.41) is 17.9. The smallest absolute Gasteiger partial charge is 0.234 e. The number of carbonyl (C=O) groups is 1. The molecule has 2 N–H and O–H groups in total. The molecule has 0 atom stereocenters. The third-order valence-electron chi connectivity index (χ3n) is 2.51. The first-order valence-corrected chi connectivity index (χ1v) is 8.06. The summed E-state index contributed by atoms with van der Waals surface area (Å²) in [7, 11) is 1.86. The average molecular weight is 371 g/mol. The van der Waals surface area contributed by atoms with Gasteiger partial charge in [0.2, 0.25) is 11.1 Å². The number of amides is 1. The first-order valence-electron chi connectivity index (χ1n) is 6.28. The van der Waals surface area contributed by atoms with Crippen LogP contribution in [0.4, 0.5) is 5.69 Å². The van der Waals surface area contributed by atoms with Crippen LogP contribution >= 0.6 is 27.7 Å². The summed E-state index contributed by atoms with van der Waals surface area (Å²) in [6.45, 7) is 1.43. The van der Waals surface area contributed by atoms with E-state index in [9.17, 15) is 4.79 Å². The first-order chi connectivity index (χ1) is 10.2. The van der Waals surface area contributed by atoms with Crippen LogP contribution in [0.5, 0.6) is 0 Å². The van der Waals surface area contributed by atoms with E-state index in [-0.39, 0.29) is 11.7 Å². The van der Waals surface area contributed by atoms with Gasteiger partial charge in [-0.15, -0.1) is 5.10 Å². The van der Waals surface area contributed by atoms with E-state index in [0.29, 0.717) is 11.7 Å². The zero-order valence-electron chi connectivity index (χ0n) is 11.4. The number of benzene rings is 1. The van der Waals surface area contributed by atoms with Crippen molar-refractivity contribution in [2.45, 2.75) is 11.7 Å². The zero-order chi connectivity index (χ0) is 15.1. The minimum atomic E-state index is -0.0960. The second-order valence-electron chi connectivity index (χ2n) is 4.14. The van der Waals surface area contributed by atoms with Gasteiger partial charge in [-0.3, -0.25) is 4.79 Å². The maximum absolute atomic E-state index is 11.9. The van der Waals surface area contributed by atoms with Crippen LogP contribution in [0.3, 0.4) is 0 Å². The van der Waals surface area contributed by atoms with Gasteiger partial charge in [-0.2, -0.15) is 0 Å². The fourth-order valence-electron chi connectivity index (χ4n) is 1.55. The van der Waals surface area contributed by atoms with Crippen LogP contribution in [-0.2, 0) is 11.3 Å². The van der Waals surface area contributed by atoms with Gasteiger partial charge in [0.25, 0.3) is 0 Å². The Morgan fingerprint density at radius 3 is 3.10 bits per heavy atom. The van der Waals surface area contributed by atoms with E-state index >= 15 is 0 Å². The molecule has 0 fully saturated rings. The SMILES string of the molecule is CNCCn1nnnc1SCC(=O)Nc1cccc(Br)c1. The van der Waals surface area contributed by atoms with E-state index in [1.807, 2.05) is 31.3 Å². The molecule has 0 aliphatic carbocycles. The molecule has 112 valence electrons. The van der Waals surface area contributed by atoms with Crippen molar-refractivity contribution in [3.8, 4) is 0 Å². The molecular formula is C12H15BrN6OS. The van der Waals surface area contributed by atoms with Gasteiger partial charge >= 0.3 is 0 Å². The van der Waals surface area contributed by atoms with Crippen molar-refractivity contribution in [3.63, 3.8) is 0 Å². The van der Waals surface area contributed by atoms with Crippen LogP contribution in [0.2, 0.25) is 0 Å². The van der Waals surface area contributed by atoms with Gasteiger partial charge in [-0.25, -0.2) is 4.68 Å². The Morgan fingerprint density at radius 2 is 2.33 bits per heavy atom. The van der Waals surface area contributed by atoms with Crippen molar-refractivity contribution in [3.05, 3.63) is 28.7 Å². The maximum atomic E-state index is 11.9. The molecule has 0 aliphatic rings. The van der Waals surface area contributed by atoms with Crippen molar-refractivity contribution < 1.29 is 4.79 Å². The van der Waals surface area contributed by atoms with E-state index in [0.717, 1.165) is 16.7 Å². The van der Waals surface area contributed by atoms with Crippen molar-refractivity contribution in [1.82, 2.24) is 25.5 Å². The topological polar surface area (TPSA) is 84.7 Å². The number of anilines is 1. The lowest BCUT2D eigenvalue weighted by atomic mass is 10.3. The summed E-state index contributed by atoms with van der Waals surface area (Å²) in [5.41, 5.74) is 0.754. The molecule has 0 radical (unpaired) electrons. The third kappa shape index (κ3) is 5.10. The van der Waals surface area contributed by atoms with Gasteiger partial charge in [0.15, 0.2) is 0 Å². The fourth-order valence-corrected chi connectivity index (χ4v) is 2.65.